The number of fused-ring (bicyclic) bond motifs is 1. The maximum atomic E-state index is 10.9. The molecule has 0 radical (unpaired) electrons. The predicted octanol–water partition coefficient (Wildman–Crippen LogP) is 3.01. The van der Waals surface area contributed by atoms with E-state index < -0.39 is 6.10 Å². The van der Waals surface area contributed by atoms with E-state index in [2.05, 4.69) is 38.9 Å². The molecular formula is C21H27N5O2. The Balaban J connectivity index is 1.56. The largest absolute Gasteiger partial charge is 0.463 e. The van der Waals surface area contributed by atoms with Crippen LogP contribution in [0.2, 0.25) is 0 Å². The van der Waals surface area contributed by atoms with Gasteiger partial charge in [-0.25, -0.2) is 0 Å². The summed E-state index contributed by atoms with van der Waals surface area (Å²) in [5, 5.41) is 10.9. The van der Waals surface area contributed by atoms with Crippen molar-refractivity contribution < 1.29 is 9.84 Å². The van der Waals surface area contributed by atoms with Crippen LogP contribution in [0.3, 0.4) is 0 Å². The van der Waals surface area contributed by atoms with E-state index in [-0.39, 0.29) is 6.01 Å². The number of nitrogens with two attached hydrogens (primary N) is 1. The van der Waals surface area contributed by atoms with Crippen LogP contribution in [0.5, 0.6) is 6.01 Å². The Morgan fingerprint density at radius 3 is 2.71 bits per heavy atom. The zero-order valence-electron chi connectivity index (χ0n) is 16.2. The van der Waals surface area contributed by atoms with Gasteiger partial charge in [-0.3, -0.25) is 4.90 Å². The molecule has 1 saturated heterocycles. The summed E-state index contributed by atoms with van der Waals surface area (Å²) in [4.78, 5) is 14.2. The molecule has 1 aliphatic rings. The zero-order valence-corrected chi connectivity index (χ0v) is 16.2. The summed E-state index contributed by atoms with van der Waals surface area (Å²) in [5.41, 5.74) is 10.0. The summed E-state index contributed by atoms with van der Waals surface area (Å²) >= 11 is 0. The normalized spacial score (nSPS) is 15.5. The van der Waals surface area contributed by atoms with E-state index in [0.29, 0.717) is 29.0 Å². The SMILES string of the molecule is CCCCOc1nc(N)c2[nH]cc(C(O)c3ccc(CN4CCC4)cc3)c2n1. The maximum absolute atomic E-state index is 10.9. The lowest BCUT2D eigenvalue weighted by Gasteiger charge is -2.30. The van der Waals surface area contributed by atoms with Crippen LogP contribution in [0.1, 0.15) is 49.0 Å². The van der Waals surface area contributed by atoms with Crippen molar-refractivity contribution in [2.75, 3.05) is 25.4 Å². The summed E-state index contributed by atoms with van der Waals surface area (Å²) in [7, 11) is 0. The van der Waals surface area contributed by atoms with Crippen LogP contribution in [-0.4, -0.2) is 44.7 Å². The third-order valence-electron chi connectivity index (χ3n) is 5.24. The van der Waals surface area contributed by atoms with Gasteiger partial charge >= 0.3 is 6.01 Å². The van der Waals surface area contributed by atoms with Gasteiger partial charge in [0, 0.05) is 18.3 Å². The number of nitrogen functional groups attached to an aromatic ring is 1. The molecule has 7 nitrogen and oxygen atoms in total. The van der Waals surface area contributed by atoms with Gasteiger partial charge in [-0.2, -0.15) is 9.97 Å². The number of rotatable bonds is 8. The van der Waals surface area contributed by atoms with Gasteiger partial charge in [-0.05, 0) is 37.1 Å². The summed E-state index contributed by atoms with van der Waals surface area (Å²) < 4.78 is 5.61. The molecule has 4 rings (SSSR count). The number of anilines is 1. The van der Waals surface area contributed by atoms with Crippen LogP contribution in [0, 0.1) is 0 Å². The van der Waals surface area contributed by atoms with Gasteiger partial charge in [0.2, 0.25) is 0 Å². The van der Waals surface area contributed by atoms with Gasteiger partial charge < -0.3 is 20.6 Å². The Morgan fingerprint density at radius 1 is 1.25 bits per heavy atom. The number of aliphatic hydroxyl groups excluding tert-OH is 1. The Hall–Kier alpha value is -2.64. The molecule has 7 heteroatoms. The number of likely N-dealkylation sites (tertiary alicyclic amines) is 1. The Morgan fingerprint density at radius 2 is 2.04 bits per heavy atom. The van der Waals surface area contributed by atoms with E-state index in [1.165, 1.54) is 25.1 Å². The highest BCUT2D eigenvalue weighted by atomic mass is 16.5. The predicted molar refractivity (Wildman–Crippen MR) is 109 cm³/mol. The first-order valence-electron chi connectivity index (χ1n) is 9.92. The highest BCUT2D eigenvalue weighted by Crippen LogP contribution is 2.31. The van der Waals surface area contributed by atoms with E-state index in [1.54, 1.807) is 6.20 Å². The third kappa shape index (κ3) is 3.81. The third-order valence-corrected chi connectivity index (χ3v) is 5.24. The number of benzene rings is 1. The summed E-state index contributed by atoms with van der Waals surface area (Å²) in [6.45, 7) is 5.94. The van der Waals surface area contributed by atoms with Gasteiger partial charge in [0.05, 0.1) is 6.61 Å². The van der Waals surface area contributed by atoms with Crippen LogP contribution >= 0.6 is 0 Å². The van der Waals surface area contributed by atoms with Crippen molar-refractivity contribution in [3.8, 4) is 6.01 Å². The molecule has 148 valence electrons. The van der Waals surface area contributed by atoms with Crippen molar-refractivity contribution in [2.45, 2.75) is 38.8 Å². The van der Waals surface area contributed by atoms with E-state index in [9.17, 15) is 5.11 Å². The van der Waals surface area contributed by atoms with Gasteiger partial charge in [0.1, 0.15) is 17.1 Å². The fourth-order valence-electron chi connectivity index (χ4n) is 3.39. The number of aromatic amines is 1. The highest BCUT2D eigenvalue weighted by molar-refractivity contribution is 5.88. The topological polar surface area (TPSA) is 100 Å². The number of hydrogen-bond donors (Lipinski definition) is 3. The smallest absolute Gasteiger partial charge is 0.319 e. The van der Waals surface area contributed by atoms with Crippen molar-refractivity contribution >= 4 is 16.9 Å². The number of nitrogens with one attached hydrogen (secondary N) is 1. The summed E-state index contributed by atoms with van der Waals surface area (Å²) in [5.74, 6) is 0.319. The fourth-order valence-corrected chi connectivity index (χ4v) is 3.39. The fraction of sp³-hybridized carbons (Fsp3) is 0.429. The first-order chi connectivity index (χ1) is 13.7. The Bertz CT molecular complexity index is 934. The average molecular weight is 381 g/mol. The summed E-state index contributed by atoms with van der Waals surface area (Å²) in [6.07, 6.45) is 4.17. The van der Waals surface area contributed by atoms with Crippen LogP contribution in [0.15, 0.2) is 30.5 Å². The first-order valence-corrected chi connectivity index (χ1v) is 9.92. The minimum atomic E-state index is -0.801. The second kappa shape index (κ2) is 8.16. The standard InChI is InChI=1S/C21H27N5O2/c1-2-3-11-28-21-24-17-16(12-23-18(17)20(22)25-21)19(27)15-7-5-14(6-8-15)13-26-9-4-10-26/h5-8,12,19,23,27H,2-4,9-11,13H2,1H3,(H2,22,24,25). The lowest BCUT2D eigenvalue weighted by atomic mass is 10.0. The molecule has 1 fully saturated rings. The number of H-pyrrole nitrogens is 1. The number of aliphatic hydroxyl groups is 1. The number of aromatic nitrogens is 3. The van der Waals surface area contributed by atoms with Gasteiger partial charge in [0.15, 0.2) is 5.82 Å². The van der Waals surface area contributed by atoms with Crippen molar-refractivity contribution in [3.63, 3.8) is 0 Å². The number of ether oxygens (including phenoxy) is 1. The second-order valence-corrected chi connectivity index (χ2v) is 7.33. The number of unbranched alkanes of at least 4 members (excludes halogenated alkanes) is 1. The van der Waals surface area contributed by atoms with Crippen LogP contribution < -0.4 is 10.5 Å². The van der Waals surface area contributed by atoms with E-state index in [4.69, 9.17) is 10.5 Å². The molecule has 1 aromatic carbocycles. The molecule has 1 atom stereocenters. The zero-order chi connectivity index (χ0) is 19.5. The van der Waals surface area contributed by atoms with Crippen molar-refractivity contribution in [3.05, 3.63) is 47.2 Å². The Kier molecular flexibility index (Phi) is 5.45. The van der Waals surface area contributed by atoms with Crippen molar-refractivity contribution in [1.82, 2.24) is 19.9 Å². The van der Waals surface area contributed by atoms with E-state index in [1.807, 2.05) is 12.1 Å². The molecule has 28 heavy (non-hydrogen) atoms. The monoisotopic (exact) mass is 381 g/mol. The molecule has 0 bridgehead atoms. The van der Waals surface area contributed by atoms with E-state index in [0.717, 1.165) is 24.9 Å². The molecule has 0 spiro atoms. The Labute approximate surface area is 164 Å². The minimum Gasteiger partial charge on any atom is -0.463 e. The van der Waals surface area contributed by atoms with Gasteiger partial charge in [0.25, 0.3) is 0 Å². The molecule has 2 aromatic heterocycles. The molecule has 3 heterocycles. The van der Waals surface area contributed by atoms with Crippen LogP contribution in [0.4, 0.5) is 5.82 Å². The van der Waals surface area contributed by atoms with Gasteiger partial charge in [-0.1, -0.05) is 37.6 Å². The lowest BCUT2D eigenvalue weighted by molar-refractivity contribution is 0.172. The molecular weight excluding hydrogens is 354 g/mol. The molecule has 0 amide bonds. The highest BCUT2D eigenvalue weighted by Gasteiger charge is 2.20. The molecule has 1 aliphatic heterocycles. The van der Waals surface area contributed by atoms with Crippen molar-refractivity contribution in [2.24, 2.45) is 0 Å². The summed E-state index contributed by atoms with van der Waals surface area (Å²) in [6, 6.07) is 8.35. The van der Waals surface area contributed by atoms with Crippen molar-refractivity contribution in [1.29, 1.82) is 0 Å². The van der Waals surface area contributed by atoms with Crippen LogP contribution in [0.25, 0.3) is 11.0 Å². The quantitative estimate of drug-likeness (QED) is 0.519. The molecule has 0 saturated carbocycles. The average Bonchev–Trinajstić information content (AvgIpc) is 3.09. The molecule has 0 aliphatic carbocycles. The molecule has 1 unspecified atom stereocenters. The number of nitrogens with zero attached hydrogens (tertiary/aromatic N) is 3. The lowest BCUT2D eigenvalue weighted by Crippen LogP contribution is -2.36. The molecule has 4 N–H and O–H groups in total. The minimum absolute atomic E-state index is 0.247. The number of hydrogen-bond acceptors (Lipinski definition) is 6. The van der Waals surface area contributed by atoms with E-state index >= 15 is 0 Å². The van der Waals surface area contributed by atoms with Crippen LogP contribution in [-0.2, 0) is 6.54 Å². The maximum Gasteiger partial charge on any atom is 0.319 e. The van der Waals surface area contributed by atoms with Gasteiger partial charge in [-0.15, -0.1) is 0 Å². The second-order valence-electron chi connectivity index (χ2n) is 7.33. The first kappa shape index (κ1) is 18.7. The molecule has 3 aromatic rings.